The second-order valence-electron chi connectivity index (χ2n) is 10.1. The van der Waals surface area contributed by atoms with E-state index < -0.39 is 0 Å². The van der Waals surface area contributed by atoms with E-state index in [2.05, 4.69) is 15.5 Å². The summed E-state index contributed by atoms with van der Waals surface area (Å²) in [5.41, 5.74) is 2.59. The molecule has 3 amide bonds. The monoisotopic (exact) mass is 494 g/mol. The molecule has 0 radical (unpaired) electrons. The molecule has 0 unspecified atom stereocenters. The third-order valence-electron chi connectivity index (χ3n) is 6.56. The van der Waals surface area contributed by atoms with Crippen molar-refractivity contribution >= 4 is 29.1 Å². The van der Waals surface area contributed by atoms with Gasteiger partial charge in [0.05, 0.1) is 5.56 Å². The summed E-state index contributed by atoms with van der Waals surface area (Å²) >= 11 is 0. The molecule has 1 aliphatic carbocycles. The van der Waals surface area contributed by atoms with E-state index in [1.165, 1.54) is 12.1 Å². The molecule has 0 spiro atoms. The first kappa shape index (κ1) is 25.7. The summed E-state index contributed by atoms with van der Waals surface area (Å²) in [4.78, 5) is 42.3. The quantitative estimate of drug-likeness (QED) is 0.577. The molecule has 0 bridgehead atoms. The van der Waals surface area contributed by atoms with Crippen LogP contribution in [0.3, 0.4) is 0 Å². The summed E-state index contributed by atoms with van der Waals surface area (Å²) in [6, 6.07) is 11.4. The molecule has 1 saturated heterocycles. The maximum atomic E-state index is 13.3. The van der Waals surface area contributed by atoms with Crippen LogP contribution in [0.5, 0.6) is 0 Å². The Morgan fingerprint density at radius 2 is 1.75 bits per heavy atom. The van der Waals surface area contributed by atoms with Crippen molar-refractivity contribution in [2.45, 2.75) is 46.1 Å². The van der Waals surface area contributed by atoms with E-state index in [-0.39, 0.29) is 41.9 Å². The Kier molecular flexibility index (Phi) is 8.23. The van der Waals surface area contributed by atoms with Gasteiger partial charge in [-0.25, -0.2) is 4.39 Å². The molecule has 36 heavy (non-hydrogen) atoms. The Bertz CT molecular complexity index is 1100. The Morgan fingerprint density at radius 1 is 1.00 bits per heavy atom. The first-order valence-electron chi connectivity index (χ1n) is 12.8. The Labute approximate surface area is 212 Å². The molecule has 1 aliphatic heterocycles. The lowest BCUT2D eigenvalue weighted by Crippen LogP contribution is -2.36. The van der Waals surface area contributed by atoms with E-state index in [1.807, 2.05) is 30.9 Å². The summed E-state index contributed by atoms with van der Waals surface area (Å²) in [6.07, 6.45) is 3.19. The number of benzene rings is 2. The van der Waals surface area contributed by atoms with Crippen molar-refractivity contribution in [3.05, 3.63) is 59.4 Å². The van der Waals surface area contributed by atoms with Crippen molar-refractivity contribution in [3.63, 3.8) is 0 Å². The van der Waals surface area contributed by atoms with Crippen molar-refractivity contribution in [1.82, 2.24) is 10.2 Å². The SMILES string of the molecule is CC(C)CC(=O)Nc1ccc(N2CCCN(C(=O)C3CC3)CC2)c(C(=O)NCc2ccc(F)cc2)c1. The van der Waals surface area contributed by atoms with Crippen LogP contribution >= 0.6 is 0 Å². The number of hydrogen-bond donors (Lipinski definition) is 2. The molecular formula is C28H35FN4O3. The van der Waals surface area contributed by atoms with Crippen molar-refractivity contribution in [3.8, 4) is 0 Å². The number of carbonyl (C=O) groups excluding carboxylic acids is 3. The van der Waals surface area contributed by atoms with Crippen LogP contribution in [-0.4, -0.2) is 48.8 Å². The summed E-state index contributed by atoms with van der Waals surface area (Å²) in [5.74, 6) is -0.0343. The fraction of sp³-hybridized carbons (Fsp3) is 0.464. The van der Waals surface area contributed by atoms with E-state index in [1.54, 1.807) is 18.2 Å². The van der Waals surface area contributed by atoms with E-state index in [0.29, 0.717) is 30.8 Å². The van der Waals surface area contributed by atoms with Gasteiger partial charge in [-0.05, 0) is 61.1 Å². The highest BCUT2D eigenvalue weighted by atomic mass is 19.1. The summed E-state index contributed by atoms with van der Waals surface area (Å²) in [6.45, 7) is 6.93. The molecule has 2 N–H and O–H groups in total. The zero-order valence-corrected chi connectivity index (χ0v) is 21.1. The lowest BCUT2D eigenvalue weighted by molar-refractivity contribution is -0.132. The van der Waals surface area contributed by atoms with Gasteiger partial charge in [-0.2, -0.15) is 0 Å². The largest absolute Gasteiger partial charge is 0.369 e. The molecule has 1 saturated carbocycles. The number of carbonyl (C=O) groups is 3. The van der Waals surface area contributed by atoms with Crippen molar-refractivity contribution in [2.24, 2.45) is 11.8 Å². The van der Waals surface area contributed by atoms with Gasteiger partial charge in [0.2, 0.25) is 11.8 Å². The van der Waals surface area contributed by atoms with E-state index in [0.717, 1.165) is 43.6 Å². The number of halogens is 1. The Balaban J connectivity index is 1.52. The maximum Gasteiger partial charge on any atom is 0.253 e. The van der Waals surface area contributed by atoms with Gasteiger partial charge in [0.25, 0.3) is 5.91 Å². The molecule has 192 valence electrons. The highest BCUT2D eigenvalue weighted by Gasteiger charge is 2.34. The summed E-state index contributed by atoms with van der Waals surface area (Å²) < 4.78 is 13.2. The van der Waals surface area contributed by atoms with E-state index in [4.69, 9.17) is 0 Å². The van der Waals surface area contributed by atoms with Crippen molar-refractivity contribution in [2.75, 3.05) is 36.4 Å². The van der Waals surface area contributed by atoms with Gasteiger partial charge in [-0.1, -0.05) is 26.0 Å². The number of anilines is 2. The minimum Gasteiger partial charge on any atom is -0.369 e. The molecule has 2 aliphatic rings. The second-order valence-corrected chi connectivity index (χ2v) is 10.1. The minimum absolute atomic E-state index is 0.0978. The van der Waals surface area contributed by atoms with Gasteiger partial charge in [-0.3, -0.25) is 14.4 Å². The summed E-state index contributed by atoms with van der Waals surface area (Å²) in [7, 11) is 0. The number of nitrogens with zero attached hydrogens (tertiary/aromatic N) is 2. The molecule has 2 aromatic carbocycles. The molecule has 8 heteroatoms. The topological polar surface area (TPSA) is 81.8 Å². The average molecular weight is 495 g/mol. The molecule has 7 nitrogen and oxygen atoms in total. The Hall–Kier alpha value is -3.42. The van der Waals surface area contributed by atoms with E-state index >= 15 is 0 Å². The second kappa shape index (κ2) is 11.5. The lowest BCUT2D eigenvalue weighted by atomic mass is 10.1. The molecule has 0 aromatic heterocycles. The molecule has 0 atom stereocenters. The van der Waals surface area contributed by atoms with Crippen LogP contribution in [0.2, 0.25) is 0 Å². The van der Waals surface area contributed by atoms with Crippen LogP contribution in [0.4, 0.5) is 15.8 Å². The van der Waals surface area contributed by atoms with E-state index in [9.17, 15) is 18.8 Å². The van der Waals surface area contributed by atoms with Gasteiger partial charge in [0.1, 0.15) is 5.82 Å². The average Bonchev–Trinajstić information content (AvgIpc) is 3.70. The third-order valence-corrected chi connectivity index (χ3v) is 6.56. The number of amides is 3. The van der Waals surface area contributed by atoms with Gasteiger partial charge in [-0.15, -0.1) is 0 Å². The number of nitrogens with one attached hydrogen (secondary N) is 2. The molecule has 4 rings (SSSR count). The predicted molar refractivity (Wildman–Crippen MR) is 138 cm³/mol. The smallest absolute Gasteiger partial charge is 0.253 e. The number of hydrogen-bond acceptors (Lipinski definition) is 4. The van der Waals surface area contributed by atoms with Crippen LogP contribution in [0.25, 0.3) is 0 Å². The highest BCUT2D eigenvalue weighted by molar-refractivity contribution is 6.02. The molecule has 2 fully saturated rings. The van der Waals surface area contributed by atoms with Crippen LogP contribution in [-0.2, 0) is 16.1 Å². The standard InChI is InChI=1S/C28H35FN4O3/c1-19(2)16-26(34)31-23-10-11-25(32-12-3-13-33(15-14-32)28(36)21-6-7-21)24(17-23)27(35)30-18-20-4-8-22(29)9-5-20/h4-5,8-11,17,19,21H,3,6-7,12-16,18H2,1-2H3,(H,30,35)(H,31,34). The first-order valence-corrected chi connectivity index (χ1v) is 12.8. The number of rotatable bonds is 8. The van der Waals surface area contributed by atoms with Crippen LogP contribution < -0.4 is 15.5 Å². The zero-order chi connectivity index (χ0) is 25.7. The fourth-order valence-electron chi connectivity index (χ4n) is 4.50. The van der Waals surface area contributed by atoms with Crippen LogP contribution in [0.1, 0.15) is 55.5 Å². The molecule has 2 aromatic rings. The third kappa shape index (κ3) is 6.83. The minimum atomic E-state index is -0.326. The molecular weight excluding hydrogens is 459 g/mol. The normalized spacial score (nSPS) is 16.0. The maximum absolute atomic E-state index is 13.3. The fourth-order valence-corrected chi connectivity index (χ4v) is 4.50. The van der Waals surface area contributed by atoms with Crippen LogP contribution in [0, 0.1) is 17.7 Å². The van der Waals surface area contributed by atoms with Gasteiger partial charge in [0.15, 0.2) is 0 Å². The van der Waals surface area contributed by atoms with Gasteiger partial charge >= 0.3 is 0 Å². The van der Waals surface area contributed by atoms with Crippen molar-refractivity contribution < 1.29 is 18.8 Å². The predicted octanol–water partition coefficient (Wildman–Crippen LogP) is 4.19. The lowest BCUT2D eigenvalue weighted by Gasteiger charge is -2.26. The zero-order valence-electron chi connectivity index (χ0n) is 21.1. The van der Waals surface area contributed by atoms with Gasteiger partial charge < -0.3 is 20.4 Å². The van der Waals surface area contributed by atoms with Crippen LogP contribution in [0.15, 0.2) is 42.5 Å². The first-order chi connectivity index (χ1) is 17.3. The molecule has 1 heterocycles. The summed E-state index contributed by atoms with van der Waals surface area (Å²) in [5, 5.41) is 5.83. The van der Waals surface area contributed by atoms with Crippen molar-refractivity contribution in [1.29, 1.82) is 0 Å². The highest BCUT2D eigenvalue weighted by Crippen LogP contribution is 2.32. The Morgan fingerprint density at radius 3 is 2.44 bits per heavy atom. The van der Waals surface area contributed by atoms with Gasteiger partial charge in [0, 0.05) is 56.4 Å².